The van der Waals surface area contributed by atoms with E-state index < -0.39 is 12.0 Å². The van der Waals surface area contributed by atoms with Crippen molar-refractivity contribution in [1.82, 2.24) is 15.0 Å². The Morgan fingerprint density at radius 2 is 1.53 bits per heavy atom. The van der Waals surface area contributed by atoms with Crippen LogP contribution < -0.4 is 5.32 Å². The van der Waals surface area contributed by atoms with E-state index in [1.54, 1.807) is 24.4 Å². The molecule has 0 radical (unpaired) electrons. The predicted octanol–water partition coefficient (Wildman–Crippen LogP) is 4.31. The molecule has 2 N–H and O–H groups in total. The molecule has 0 saturated heterocycles. The molecule has 0 saturated carbocycles. The maximum atomic E-state index is 11.7. The summed E-state index contributed by atoms with van der Waals surface area (Å²) in [6.07, 6.45) is 3.33. The van der Waals surface area contributed by atoms with Gasteiger partial charge in [0.15, 0.2) is 0 Å². The van der Waals surface area contributed by atoms with Crippen molar-refractivity contribution in [3.63, 3.8) is 0 Å². The summed E-state index contributed by atoms with van der Waals surface area (Å²) in [5, 5.41) is 12.6. The van der Waals surface area contributed by atoms with Crippen molar-refractivity contribution in [3.8, 4) is 22.4 Å². The molecule has 6 nitrogen and oxygen atoms in total. The van der Waals surface area contributed by atoms with Gasteiger partial charge in [-0.15, -0.1) is 0 Å². The van der Waals surface area contributed by atoms with Gasteiger partial charge in [-0.3, -0.25) is 4.98 Å². The number of aromatic nitrogens is 3. The topological polar surface area (TPSA) is 88.0 Å². The number of pyridine rings is 1. The van der Waals surface area contributed by atoms with Crippen LogP contribution in [0.15, 0.2) is 91.4 Å². The van der Waals surface area contributed by atoms with Gasteiger partial charge in [0.2, 0.25) is 0 Å². The van der Waals surface area contributed by atoms with Crippen LogP contribution in [0, 0.1) is 0 Å². The number of anilines is 1. The van der Waals surface area contributed by atoms with Crippen LogP contribution in [-0.2, 0) is 11.2 Å². The first-order chi connectivity index (χ1) is 14.7. The lowest BCUT2D eigenvalue weighted by molar-refractivity contribution is -0.137. The molecule has 30 heavy (non-hydrogen) atoms. The number of aliphatic carboxylic acids is 1. The van der Waals surface area contributed by atoms with Crippen molar-refractivity contribution in [2.24, 2.45) is 0 Å². The van der Waals surface area contributed by atoms with Gasteiger partial charge in [-0.25, -0.2) is 14.8 Å². The third kappa shape index (κ3) is 4.67. The first-order valence-electron chi connectivity index (χ1n) is 9.56. The average Bonchev–Trinajstić information content (AvgIpc) is 2.80. The van der Waals surface area contributed by atoms with Gasteiger partial charge in [0.05, 0.1) is 5.69 Å². The molecule has 0 bridgehead atoms. The predicted molar refractivity (Wildman–Crippen MR) is 116 cm³/mol. The largest absolute Gasteiger partial charge is 0.480 e. The number of hydrogen-bond donors (Lipinski definition) is 2. The fraction of sp³-hybridized carbons (Fsp3) is 0.0833. The van der Waals surface area contributed by atoms with Gasteiger partial charge in [-0.2, -0.15) is 0 Å². The lowest BCUT2D eigenvalue weighted by Crippen LogP contribution is -2.32. The summed E-state index contributed by atoms with van der Waals surface area (Å²) in [4.78, 5) is 24.4. The molecule has 2 heterocycles. The van der Waals surface area contributed by atoms with Crippen molar-refractivity contribution in [1.29, 1.82) is 0 Å². The monoisotopic (exact) mass is 396 g/mol. The van der Waals surface area contributed by atoms with Crippen LogP contribution in [-0.4, -0.2) is 32.1 Å². The molecule has 0 aliphatic rings. The van der Waals surface area contributed by atoms with Crippen LogP contribution >= 0.6 is 0 Å². The maximum Gasteiger partial charge on any atom is 0.326 e. The number of carboxylic acid groups (broad SMARTS) is 1. The molecule has 0 fully saturated rings. The minimum absolute atomic E-state index is 0.251. The molecule has 0 amide bonds. The zero-order chi connectivity index (χ0) is 20.8. The van der Waals surface area contributed by atoms with E-state index in [9.17, 15) is 9.90 Å². The van der Waals surface area contributed by atoms with Crippen LogP contribution in [0.2, 0.25) is 0 Å². The molecule has 2 aromatic heterocycles. The van der Waals surface area contributed by atoms with Gasteiger partial charge in [-0.1, -0.05) is 60.7 Å². The molecule has 2 aromatic carbocycles. The standard InChI is InChI=1S/C24H20N4O2/c29-24(30)22(14-20-8-4-5-13-25-20)28-23-15-21(26-16-27-23)19-11-9-18(10-12-19)17-6-2-1-3-7-17/h1-13,15-16,22H,14H2,(H,29,30)(H,26,27,28). The molecule has 0 aliphatic heterocycles. The number of hydrogen-bond acceptors (Lipinski definition) is 5. The summed E-state index contributed by atoms with van der Waals surface area (Å²) in [6.45, 7) is 0. The number of benzene rings is 2. The van der Waals surface area contributed by atoms with E-state index in [-0.39, 0.29) is 6.42 Å². The Hall–Kier alpha value is -4.06. The summed E-state index contributed by atoms with van der Waals surface area (Å²) >= 11 is 0. The minimum atomic E-state index is -0.965. The van der Waals surface area contributed by atoms with Crippen LogP contribution in [0.3, 0.4) is 0 Å². The Morgan fingerprint density at radius 3 is 2.23 bits per heavy atom. The van der Waals surface area contributed by atoms with Crippen molar-refractivity contribution in [3.05, 3.63) is 97.1 Å². The molecule has 0 spiro atoms. The number of carboxylic acids is 1. The first kappa shape index (κ1) is 19.3. The highest BCUT2D eigenvalue weighted by Crippen LogP contribution is 2.24. The summed E-state index contributed by atoms with van der Waals surface area (Å²) < 4.78 is 0. The average molecular weight is 396 g/mol. The molecular formula is C24H20N4O2. The Labute approximate surface area is 174 Å². The molecular weight excluding hydrogens is 376 g/mol. The molecule has 1 unspecified atom stereocenters. The second kappa shape index (κ2) is 8.96. The Morgan fingerprint density at radius 1 is 0.833 bits per heavy atom. The van der Waals surface area contributed by atoms with E-state index in [1.807, 2.05) is 48.5 Å². The number of carbonyl (C=O) groups is 1. The Bertz CT molecular complexity index is 1120. The van der Waals surface area contributed by atoms with Gasteiger partial charge < -0.3 is 10.4 Å². The summed E-state index contributed by atoms with van der Waals surface area (Å²) in [5.74, 6) is -0.511. The van der Waals surface area contributed by atoms with Gasteiger partial charge >= 0.3 is 5.97 Å². The van der Waals surface area contributed by atoms with Gasteiger partial charge in [0.25, 0.3) is 0 Å². The van der Waals surface area contributed by atoms with Crippen molar-refractivity contribution >= 4 is 11.8 Å². The van der Waals surface area contributed by atoms with Crippen LogP contribution in [0.25, 0.3) is 22.4 Å². The highest BCUT2D eigenvalue weighted by atomic mass is 16.4. The van der Waals surface area contributed by atoms with Gasteiger partial charge in [-0.05, 0) is 23.3 Å². The van der Waals surface area contributed by atoms with E-state index in [4.69, 9.17) is 0 Å². The smallest absolute Gasteiger partial charge is 0.326 e. The van der Waals surface area contributed by atoms with E-state index in [2.05, 4.69) is 32.4 Å². The summed E-state index contributed by atoms with van der Waals surface area (Å²) in [6, 6.07) is 24.6. The fourth-order valence-corrected chi connectivity index (χ4v) is 3.16. The van der Waals surface area contributed by atoms with Crippen LogP contribution in [0.1, 0.15) is 5.69 Å². The van der Waals surface area contributed by atoms with Crippen molar-refractivity contribution in [2.75, 3.05) is 5.32 Å². The summed E-state index contributed by atoms with van der Waals surface area (Å²) in [5.41, 5.74) is 4.61. The first-order valence-corrected chi connectivity index (χ1v) is 9.56. The summed E-state index contributed by atoms with van der Waals surface area (Å²) in [7, 11) is 0. The van der Waals surface area contributed by atoms with Crippen LogP contribution in [0.4, 0.5) is 5.82 Å². The second-order valence-corrected chi connectivity index (χ2v) is 6.79. The Kier molecular flexibility index (Phi) is 5.75. The molecule has 6 heteroatoms. The quantitative estimate of drug-likeness (QED) is 0.484. The SMILES string of the molecule is O=C(O)C(Cc1ccccn1)Nc1cc(-c2ccc(-c3ccccc3)cc2)ncn1. The third-order valence-electron chi connectivity index (χ3n) is 4.71. The van der Waals surface area contributed by atoms with E-state index in [1.165, 1.54) is 6.33 Å². The van der Waals surface area contributed by atoms with Crippen molar-refractivity contribution in [2.45, 2.75) is 12.5 Å². The molecule has 4 rings (SSSR count). The zero-order valence-corrected chi connectivity index (χ0v) is 16.1. The molecule has 148 valence electrons. The number of nitrogens with zero attached hydrogens (tertiary/aromatic N) is 3. The lowest BCUT2D eigenvalue weighted by Gasteiger charge is -2.15. The van der Waals surface area contributed by atoms with E-state index in [0.717, 1.165) is 16.7 Å². The molecule has 4 aromatic rings. The van der Waals surface area contributed by atoms with Gasteiger partial charge in [0, 0.05) is 29.9 Å². The third-order valence-corrected chi connectivity index (χ3v) is 4.71. The highest BCUT2D eigenvalue weighted by Gasteiger charge is 2.19. The van der Waals surface area contributed by atoms with Crippen molar-refractivity contribution < 1.29 is 9.90 Å². The van der Waals surface area contributed by atoms with Crippen LogP contribution in [0.5, 0.6) is 0 Å². The highest BCUT2D eigenvalue weighted by molar-refractivity contribution is 5.78. The zero-order valence-electron chi connectivity index (χ0n) is 16.1. The second-order valence-electron chi connectivity index (χ2n) is 6.79. The minimum Gasteiger partial charge on any atom is -0.480 e. The molecule has 0 aliphatic carbocycles. The number of nitrogens with one attached hydrogen (secondary N) is 1. The molecule has 1 atom stereocenters. The van der Waals surface area contributed by atoms with E-state index in [0.29, 0.717) is 17.2 Å². The normalized spacial score (nSPS) is 11.6. The number of rotatable bonds is 7. The van der Waals surface area contributed by atoms with E-state index >= 15 is 0 Å². The fourth-order valence-electron chi connectivity index (χ4n) is 3.16. The Balaban J connectivity index is 1.52. The van der Waals surface area contributed by atoms with Gasteiger partial charge in [0.1, 0.15) is 18.2 Å². The lowest BCUT2D eigenvalue weighted by atomic mass is 10.0. The maximum absolute atomic E-state index is 11.7.